The lowest BCUT2D eigenvalue weighted by Gasteiger charge is -2.03. The molecule has 0 unspecified atom stereocenters. The van der Waals surface area contributed by atoms with E-state index in [-0.39, 0.29) is 4.90 Å². The van der Waals surface area contributed by atoms with Gasteiger partial charge in [0.25, 0.3) is 10.0 Å². The Morgan fingerprint density at radius 2 is 1.94 bits per heavy atom. The number of anilines is 2. The van der Waals surface area contributed by atoms with Crippen LogP contribution in [0.5, 0.6) is 0 Å². The Bertz CT molecular complexity index is 725. The highest BCUT2D eigenvalue weighted by Crippen LogP contribution is 2.43. The van der Waals surface area contributed by atoms with Gasteiger partial charge >= 0.3 is 0 Å². The van der Waals surface area contributed by atoms with Gasteiger partial charge in [-0.1, -0.05) is 17.7 Å². The number of benzene rings is 2. The molecular weight excluding hydrogens is 248 g/mol. The lowest BCUT2D eigenvalue weighted by molar-refractivity contribution is 0.603. The van der Waals surface area contributed by atoms with E-state index >= 15 is 0 Å². The summed E-state index contributed by atoms with van der Waals surface area (Å²) in [7, 11) is -3.49. The summed E-state index contributed by atoms with van der Waals surface area (Å²) >= 11 is 6.01. The van der Waals surface area contributed by atoms with Gasteiger partial charge in [0.15, 0.2) is 0 Å². The highest BCUT2D eigenvalue weighted by molar-refractivity contribution is 7.93. The van der Waals surface area contributed by atoms with Crippen molar-refractivity contribution in [1.82, 2.24) is 0 Å². The van der Waals surface area contributed by atoms with Crippen LogP contribution < -0.4 is 10.5 Å². The van der Waals surface area contributed by atoms with Gasteiger partial charge in [-0.05, 0) is 18.2 Å². The Hall–Kier alpha value is -1.46. The van der Waals surface area contributed by atoms with Crippen LogP contribution in [0.1, 0.15) is 0 Å². The second kappa shape index (κ2) is 2.81. The van der Waals surface area contributed by atoms with E-state index < -0.39 is 10.0 Å². The smallest absolute Gasteiger partial charge is 0.262 e. The number of hydrogen-bond donors (Lipinski definition) is 2. The number of halogens is 1. The number of sulfonamides is 1. The zero-order valence-electron chi connectivity index (χ0n) is 7.99. The van der Waals surface area contributed by atoms with Crippen LogP contribution in [0.3, 0.4) is 0 Å². The van der Waals surface area contributed by atoms with E-state index in [1.165, 1.54) is 6.07 Å². The zero-order valence-corrected chi connectivity index (χ0v) is 9.56. The van der Waals surface area contributed by atoms with E-state index in [1.54, 1.807) is 18.2 Å². The molecule has 6 heteroatoms. The van der Waals surface area contributed by atoms with Gasteiger partial charge in [-0.3, -0.25) is 4.72 Å². The summed E-state index contributed by atoms with van der Waals surface area (Å²) < 4.78 is 26.0. The summed E-state index contributed by atoms with van der Waals surface area (Å²) in [5.41, 5.74) is 6.56. The molecule has 0 saturated heterocycles. The molecule has 0 amide bonds. The molecule has 2 aromatic carbocycles. The molecule has 82 valence electrons. The fourth-order valence-electron chi connectivity index (χ4n) is 1.92. The predicted octanol–water partition coefficient (Wildman–Crippen LogP) is 2.19. The number of rotatable bonds is 0. The molecule has 0 radical (unpaired) electrons. The van der Waals surface area contributed by atoms with Gasteiger partial charge in [0.2, 0.25) is 0 Å². The van der Waals surface area contributed by atoms with Crippen LogP contribution >= 0.6 is 11.6 Å². The quantitative estimate of drug-likeness (QED) is 0.708. The second-order valence-electron chi connectivity index (χ2n) is 3.60. The van der Waals surface area contributed by atoms with Gasteiger partial charge in [0.1, 0.15) is 0 Å². The van der Waals surface area contributed by atoms with Gasteiger partial charge in [0.05, 0.1) is 16.3 Å². The summed E-state index contributed by atoms with van der Waals surface area (Å²) in [5.74, 6) is 0. The summed E-state index contributed by atoms with van der Waals surface area (Å²) in [6, 6.07) is 6.43. The van der Waals surface area contributed by atoms with E-state index in [4.69, 9.17) is 17.3 Å². The first-order valence-electron chi connectivity index (χ1n) is 4.54. The van der Waals surface area contributed by atoms with Gasteiger partial charge in [-0.25, -0.2) is 8.42 Å². The first-order chi connectivity index (χ1) is 7.50. The monoisotopic (exact) mass is 254 g/mol. The van der Waals surface area contributed by atoms with Crippen LogP contribution in [-0.2, 0) is 10.0 Å². The minimum absolute atomic E-state index is 0.231. The van der Waals surface area contributed by atoms with Crippen LogP contribution in [0.2, 0.25) is 5.02 Å². The van der Waals surface area contributed by atoms with Crippen molar-refractivity contribution >= 4 is 43.8 Å². The van der Waals surface area contributed by atoms with Crippen molar-refractivity contribution in [1.29, 1.82) is 0 Å². The topological polar surface area (TPSA) is 72.2 Å². The molecule has 0 saturated carbocycles. The third-order valence-electron chi connectivity index (χ3n) is 2.65. The normalized spacial score (nSPS) is 16.3. The van der Waals surface area contributed by atoms with Crippen LogP contribution in [0, 0.1) is 0 Å². The maximum atomic E-state index is 11.8. The van der Waals surface area contributed by atoms with E-state index in [0.29, 0.717) is 27.2 Å². The van der Waals surface area contributed by atoms with Crippen LogP contribution in [-0.4, -0.2) is 8.42 Å². The molecule has 1 aliphatic rings. The van der Waals surface area contributed by atoms with Gasteiger partial charge in [0, 0.05) is 15.8 Å². The Morgan fingerprint density at radius 1 is 1.19 bits per heavy atom. The van der Waals surface area contributed by atoms with E-state index in [0.717, 1.165) is 0 Å². The third-order valence-corrected chi connectivity index (χ3v) is 4.37. The van der Waals surface area contributed by atoms with Crippen LogP contribution in [0.25, 0.3) is 10.8 Å². The molecule has 0 fully saturated rings. The Labute approximate surface area is 97.1 Å². The van der Waals surface area contributed by atoms with Crippen molar-refractivity contribution in [2.24, 2.45) is 0 Å². The number of nitrogens with one attached hydrogen (secondary N) is 1. The first kappa shape index (κ1) is 9.74. The largest absolute Gasteiger partial charge is 0.397 e. The highest BCUT2D eigenvalue weighted by atomic mass is 35.5. The fraction of sp³-hybridized carbons (Fsp3) is 0. The number of hydrogen-bond acceptors (Lipinski definition) is 3. The SMILES string of the molecule is Nc1ccc2c(Cl)ccc3c2c1NS3(=O)=O. The van der Waals surface area contributed by atoms with Crippen molar-refractivity contribution in [2.75, 3.05) is 10.5 Å². The number of nitrogens with two attached hydrogens (primary N) is 1. The molecule has 0 atom stereocenters. The summed E-state index contributed by atoms with van der Waals surface area (Å²) in [5, 5.41) is 1.78. The molecule has 3 N–H and O–H groups in total. The lowest BCUT2D eigenvalue weighted by Crippen LogP contribution is -2.06. The predicted molar refractivity (Wildman–Crippen MR) is 64.2 cm³/mol. The van der Waals surface area contributed by atoms with E-state index in [9.17, 15) is 8.42 Å². The summed E-state index contributed by atoms with van der Waals surface area (Å²) in [4.78, 5) is 0.231. The van der Waals surface area contributed by atoms with Gasteiger partial charge in [-0.15, -0.1) is 0 Å². The number of nitrogen functional groups attached to an aromatic ring is 1. The Morgan fingerprint density at radius 3 is 2.69 bits per heavy atom. The van der Waals surface area contributed by atoms with Crippen molar-refractivity contribution in [3.63, 3.8) is 0 Å². The molecule has 16 heavy (non-hydrogen) atoms. The van der Waals surface area contributed by atoms with Crippen LogP contribution in [0.4, 0.5) is 11.4 Å². The van der Waals surface area contributed by atoms with Crippen molar-refractivity contribution in [2.45, 2.75) is 4.90 Å². The van der Waals surface area contributed by atoms with Crippen LogP contribution in [0.15, 0.2) is 29.2 Å². The van der Waals surface area contributed by atoms with Gasteiger partial charge < -0.3 is 5.73 Å². The molecule has 1 aliphatic heterocycles. The van der Waals surface area contributed by atoms with E-state index in [2.05, 4.69) is 4.72 Å². The Kier molecular flexibility index (Phi) is 1.71. The fourth-order valence-corrected chi connectivity index (χ4v) is 3.47. The molecular formula is C10H7ClN2O2S. The minimum atomic E-state index is -3.49. The molecule has 1 heterocycles. The van der Waals surface area contributed by atoms with Gasteiger partial charge in [-0.2, -0.15) is 0 Å². The third kappa shape index (κ3) is 1.07. The molecule has 4 nitrogen and oxygen atoms in total. The molecule has 2 aromatic rings. The first-order valence-corrected chi connectivity index (χ1v) is 6.40. The maximum absolute atomic E-state index is 11.8. The zero-order chi connectivity index (χ0) is 11.5. The average Bonchev–Trinajstić information content (AvgIpc) is 2.49. The highest BCUT2D eigenvalue weighted by Gasteiger charge is 2.29. The minimum Gasteiger partial charge on any atom is -0.397 e. The molecule has 3 rings (SSSR count). The van der Waals surface area contributed by atoms with Crippen molar-refractivity contribution in [3.8, 4) is 0 Å². The molecule has 0 aliphatic carbocycles. The van der Waals surface area contributed by atoms with E-state index in [1.807, 2.05) is 0 Å². The summed E-state index contributed by atoms with van der Waals surface area (Å²) in [6.45, 7) is 0. The second-order valence-corrected chi connectivity index (χ2v) is 5.66. The average molecular weight is 255 g/mol. The Balaban J connectivity index is 2.64. The van der Waals surface area contributed by atoms with Crippen molar-refractivity contribution in [3.05, 3.63) is 29.3 Å². The van der Waals surface area contributed by atoms with Crippen molar-refractivity contribution < 1.29 is 8.42 Å². The molecule has 0 aromatic heterocycles. The standard InChI is InChI=1S/C10H7ClN2O2S/c11-6-2-4-8-9-5(6)1-3-7(12)10(9)13-16(8,14)15/h1-4,13H,12H2. The lowest BCUT2D eigenvalue weighted by atomic mass is 10.1. The molecule has 0 bridgehead atoms. The summed E-state index contributed by atoms with van der Waals surface area (Å²) in [6.07, 6.45) is 0. The molecule has 0 spiro atoms. The maximum Gasteiger partial charge on any atom is 0.262 e.